The first kappa shape index (κ1) is 21.5. The van der Waals surface area contributed by atoms with E-state index in [-0.39, 0.29) is 18.1 Å². The van der Waals surface area contributed by atoms with E-state index in [0.717, 1.165) is 34.0 Å². The molecule has 3 heterocycles. The number of rotatable bonds is 4. The van der Waals surface area contributed by atoms with Crippen LogP contribution in [0.3, 0.4) is 0 Å². The number of anilines is 1. The number of nitrogens with one attached hydrogen (secondary N) is 1. The number of aromatic nitrogens is 1. The second-order valence-electron chi connectivity index (χ2n) is 8.18. The highest BCUT2D eigenvalue weighted by atomic mass is 16.7. The number of carbonyl (C=O) groups is 3. The summed E-state index contributed by atoms with van der Waals surface area (Å²) in [7, 11) is 0. The molecule has 2 aliphatic rings. The quantitative estimate of drug-likeness (QED) is 0.472. The normalized spacial score (nSPS) is 16.4. The number of benzene rings is 2. The lowest BCUT2D eigenvalue weighted by Gasteiger charge is -2.26. The largest absolute Gasteiger partial charge is 0.454 e. The number of urea groups is 1. The van der Waals surface area contributed by atoms with Crippen molar-refractivity contribution in [3.8, 4) is 17.2 Å². The van der Waals surface area contributed by atoms with E-state index < -0.39 is 17.8 Å². The minimum atomic E-state index is -0.812. The maximum absolute atomic E-state index is 13.3. The van der Waals surface area contributed by atoms with E-state index in [1.807, 2.05) is 32.0 Å². The number of ether oxygens (including phenoxy) is 2. The average Bonchev–Trinajstić information content (AvgIpc) is 3.40. The molecule has 34 heavy (non-hydrogen) atoms. The van der Waals surface area contributed by atoms with Gasteiger partial charge in [0, 0.05) is 23.1 Å². The topological polar surface area (TPSA) is 89.9 Å². The van der Waals surface area contributed by atoms with Crippen LogP contribution < -0.4 is 19.7 Å². The van der Waals surface area contributed by atoms with Gasteiger partial charge in [-0.25, -0.2) is 9.69 Å². The molecule has 0 atom stereocenters. The summed E-state index contributed by atoms with van der Waals surface area (Å²) in [5.74, 6) is -0.480. The highest BCUT2D eigenvalue weighted by Crippen LogP contribution is 2.36. The fraction of sp³-hybridized carbons (Fsp3) is 0.192. The van der Waals surface area contributed by atoms with Crippen LogP contribution in [0.5, 0.6) is 11.5 Å². The zero-order valence-electron chi connectivity index (χ0n) is 19.0. The van der Waals surface area contributed by atoms with E-state index in [4.69, 9.17) is 9.47 Å². The van der Waals surface area contributed by atoms with Crippen molar-refractivity contribution >= 4 is 29.6 Å². The van der Waals surface area contributed by atoms with Crippen molar-refractivity contribution in [1.29, 1.82) is 0 Å². The first-order valence-electron chi connectivity index (χ1n) is 11.0. The summed E-state index contributed by atoms with van der Waals surface area (Å²) in [6.07, 6.45) is 2.49. The molecule has 0 radical (unpaired) electrons. The van der Waals surface area contributed by atoms with Crippen molar-refractivity contribution in [3.05, 3.63) is 76.6 Å². The monoisotopic (exact) mass is 457 g/mol. The zero-order chi connectivity index (χ0) is 24.0. The SMILES string of the molecule is CCc1ccc(-n2c(C)cc(/C=C3\C(=O)NC(=O)N(c4ccc5c(c4)OCO5)C3=O)c2C)cc1. The molecule has 172 valence electrons. The molecule has 1 fully saturated rings. The third kappa shape index (κ3) is 3.53. The Hall–Kier alpha value is -4.33. The molecule has 0 aliphatic carbocycles. The van der Waals surface area contributed by atoms with Crippen LogP contribution in [0, 0.1) is 13.8 Å². The Balaban J connectivity index is 1.52. The van der Waals surface area contributed by atoms with Gasteiger partial charge in [-0.15, -0.1) is 0 Å². The molecule has 1 N–H and O–H groups in total. The number of hydrogen-bond acceptors (Lipinski definition) is 5. The predicted molar refractivity (Wildman–Crippen MR) is 126 cm³/mol. The first-order chi connectivity index (χ1) is 16.4. The summed E-state index contributed by atoms with van der Waals surface area (Å²) in [6.45, 7) is 6.07. The number of hydrogen-bond donors (Lipinski definition) is 1. The van der Waals surface area contributed by atoms with Crippen LogP contribution in [-0.4, -0.2) is 29.2 Å². The van der Waals surface area contributed by atoms with Crippen molar-refractivity contribution in [2.24, 2.45) is 0 Å². The summed E-state index contributed by atoms with van der Waals surface area (Å²) in [4.78, 5) is 39.4. The predicted octanol–water partition coefficient (Wildman–Crippen LogP) is 4.05. The lowest BCUT2D eigenvalue weighted by Crippen LogP contribution is -2.54. The Morgan fingerprint density at radius 2 is 1.65 bits per heavy atom. The molecular formula is C26H23N3O5. The zero-order valence-corrected chi connectivity index (χ0v) is 19.0. The molecule has 0 saturated carbocycles. The van der Waals surface area contributed by atoms with Crippen LogP contribution in [0.1, 0.15) is 29.4 Å². The molecule has 0 unspecified atom stereocenters. The number of amides is 4. The maximum Gasteiger partial charge on any atom is 0.335 e. The minimum Gasteiger partial charge on any atom is -0.454 e. The van der Waals surface area contributed by atoms with Crippen LogP contribution in [0.2, 0.25) is 0 Å². The van der Waals surface area contributed by atoms with E-state index in [0.29, 0.717) is 11.5 Å². The van der Waals surface area contributed by atoms with E-state index in [2.05, 4.69) is 28.9 Å². The van der Waals surface area contributed by atoms with Crippen molar-refractivity contribution < 1.29 is 23.9 Å². The fourth-order valence-electron chi connectivity index (χ4n) is 4.28. The molecule has 5 rings (SSSR count). The van der Waals surface area contributed by atoms with Gasteiger partial charge in [0.25, 0.3) is 11.8 Å². The van der Waals surface area contributed by atoms with Gasteiger partial charge in [-0.05, 0) is 67.8 Å². The molecule has 8 nitrogen and oxygen atoms in total. The second kappa shape index (κ2) is 8.22. The molecule has 1 saturated heterocycles. The van der Waals surface area contributed by atoms with Gasteiger partial charge in [0.2, 0.25) is 6.79 Å². The van der Waals surface area contributed by atoms with Gasteiger partial charge < -0.3 is 14.0 Å². The minimum absolute atomic E-state index is 0.0688. The molecular weight excluding hydrogens is 434 g/mol. The van der Waals surface area contributed by atoms with Crippen LogP contribution in [0.25, 0.3) is 11.8 Å². The van der Waals surface area contributed by atoms with Gasteiger partial charge in [0.05, 0.1) is 5.69 Å². The summed E-state index contributed by atoms with van der Waals surface area (Å²) in [6, 6.07) is 14.1. The van der Waals surface area contributed by atoms with Gasteiger partial charge in [0.15, 0.2) is 11.5 Å². The molecule has 3 aromatic rings. The number of carbonyl (C=O) groups excluding carboxylic acids is 3. The number of barbiturate groups is 1. The van der Waals surface area contributed by atoms with Crippen LogP contribution in [-0.2, 0) is 16.0 Å². The van der Waals surface area contributed by atoms with Crippen molar-refractivity contribution in [2.45, 2.75) is 27.2 Å². The van der Waals surface area contributed by atoms with E-state index in [1.54, 1.807) is 18.2 Å². The third-order valence-electron chi connectivity index (χ3n) is 6.09. The van der Waals surface area contributed by atoms with Crippen LogP contribution in [0.4, 0.5) is 10.5 Å². The van der Waals surface area contributed by atoms with Gasteiger partial charge in [-0.2, -0.15) is 0 Å². The number of imide groups is 2. The highest BCUT2D eigenvalue weighted by Gasteiger charge is 2.37. The molecule has 1 aromatic heterocycles. The lowest BCUT2D eigenvalue weighted by molar-refractivity contribution is -0.122. The standard InChI is InChI=1S/C26H23N3O5/c1-4-17-5-7-19(8-6-17)28-15(2)11-18(16(28)3)12-21-24(30)27-26(32)29(25(21)31)20-9-10-22-23(13-20)34-14-33-22/h5-13H,4,14H2,1-3H3,(H,27,30,32)/b21-12+. The molecule has 2 aromatic carbocycles. The van der Waals surface area contributed by atoms with Gasteiger partial charge in [-0.1, -0.05) is 19.1 Å². The Kier molecular flexibility index (Phi) is 5.20. The Morgan fingerprint density at radius 1 is 0.941 bits per heavy atom. The summed E-state index contributed by atoms with van der Waals surface area (Å²) in [5.41, 5.74) is 4.95. The summed E-state index contributed by atoms with van der Waals surface area (Å²) < 4.78 is 12.7. The molecule has 0 bridgehead atoms. The molecule has 4 amide bonds. The molecule has 0 spiro atoms. The first-order valence-corrected chi connectivity index (χ1v) is 11.0. The van der Waals surface area contributed by atoms with Crippen molar-refractivity contribution in [2.75, 3.05) is 11.7 Å². The Labute approximate surface area is 196 Å². The van der Waals surface area contributed by atoms with Gasteiger partial charge >= 0.3 is 6.03 Å². The van der Waals surface area contributed by atoms with Crippen molar-refractivity contribution in [1.82, 2.24) is 9.88 Å². The van der Waals surface area contributed by atoms with Crippen LogP contribution >= 0.6 is 0 Å². The Morgan fingerprint density at radius 3 is 2.38 bits per heavy atom. The highest BCUT2D eigenvalue weighted by molar-refractivity contribution is 6.39. The maximum atomic E-state index is 13.3. The number of nitrogens with zero attached hydrogens (tertiary/aromatic N) is 2. The van der Waals surface area contributed by atoms with E-state index in [1.165, 1.54) is 11.6 Å². The summed E-state index contributed by atoms with van der Waals surface area (Å²) >= 11 is 0. The third-order valence-corrected chi connectivity index (χ3v) is 6.09. The molecule has 8 heteroatoms. The Bertz CT molecular complexity index is 1370. The number of fused-ring (bicyclic) bond motifs is 1. The smallest absolute Gasteiger partial charge is 0.335 e. The van der Waals surface area contributed by atoms with Crippen LogP contribution in [0.15, 0.2) is 54.1 Å². The second-order valence-corrected chi connectivity index (χ2v) is 8.18. The van der Waals surface area contributed by atoms with Crippen molar-refractivity contribution in [3.63, 3.8) is 0 Å². The number of aryl methyl sites for hydroxylation is 2. The van der Waals surface area contributed by atoms with E-state index in [9.17, 15) is 14.4 Å². The summed E-state index contributed by atoms with van der Waals surface area (Å²) in [5, 5.41) is 2.26. The molecule has 2 aliphatic heterocycles. The van der Waals surface area contributed by atoms with Gasteiger partial charge in [-0.3, -0.25) is 14.9 Å². The van der Waals surface area contributed by atoms with Gasteiger partial charge in [0.1, 0.15) is 5.57 Å². The lowest BCUT2D eigenvalue weighted by atomic mass is 10.1. The fourth-order valence-corrected chi connectivity index (χ4v) is 4.28. The average molecular weight is 457 g/mol. The van der Waals surface area contributed by atoms with E-state index >= 15 is 0 Å².